The minimum Gasteiger partial charge on any atom is -0.368 e. The second-order valence-corrected chi connectivity index (χ2v) is 7.24. The SMILES string of the molecule is CCc1ccc(N2CCN(C(=O)C3Cc4ccccc4CN3)CC2)cc1.Cl.Cl. The topological polar surface area (TPSA) is 35.6 Å². The molecule has 28 heavy (non-hydrogen) atoms. The highest BCUT2D eigenvalue weighted by atomic mass is 35.5. The Hall–Kier alpha value is -1.75. The Labute approximate surface area is 180 Å². The largest absolute Gasteiger partial charge is 0.368 e. The average molecular weight is 422 g/mol. The number of hydrogen-bond donors (Lipinski definition) is 1. The van der Waals surface area contributed by atoms with Gasteiger partial charge in [-0.3, -0.25) is 4.79 Å². The van der Waals surface area contributed by atoms with Crippen LogP contribution in [0.3, 0.4) is 0 Å². The van der Waals surface area contributed by atoms with Gasteiger partial charge in [-0.25, -0.2) is 0 Å². The summed E-state index contributed by atoms with van der Waals surface area (Å²) < 4.78 is 0. The van der Waals surface area contributed by atoms with Crippen molar-refractivity contribution in [2.45, 2.75) is 32.4 Å². The molecule has 1 atom stereocenters. The Morgan fingerprint density at radius 1 is 0.964 bits per heavy atom. The molecule has 2 heterocycles. The van der Waals surface area contributed by atoms with Crippen LogP contribution >= 0.6 is 24.8 Å². The minimum absolute atomic E-state index is 0. The van der Waals surface area contributed by atoms with E-state index in [9.17, 15) is 4.79 Å². The lowest BCUT2D eigenvalue weighted by Crippen LogP contribution is -2.55. The Balaban J connectivity index is 0.00000140. The molecule has 0 saturated carbocycles. The summed E-state index contributed by atoms with van der Waals surface area (Å²) in [7, 11) is 0. The first kappa shape index (κ1) is 22.5. The number of amides is 1. The molecule has 1 fully saturated rings. The fraction of sp³-hybridized carbons (Fsp3) is 0.409. The number of aryl methyl sites for hydroxylation is 1. The molecule has 0 aliphatic carbocycles. The van der Waals surface area contributed by atoms with Crippen LogP contribution in [0.5, 0.6) is 0 Å². The molecule has 1 saturated heterocycles. The van der Waals surface area contributed by atoms with E-state index in [0.29, 0.717) is 0 Å². The van der Waals surface area contributed by atoms with Crippen molar-refractivity contribution in [1.82, 2.24) is 10.2 Å². The maximum atomic E-state index is 12.9. The smallest absolute Gasteiger partial charge is 0.240 e. The van der Waals surface area contributed by atoms with Crippen molar-refractivity contribution >= 4 is 36.4 Å². The van der Waals surface area contributed by atoms with E-state index in [4.69, 9.17) is 0 Å². The van der Waals surface area contributed by atoms with Crippen molar-refractivity contribution in [3.8, 4) is 0 Å². The summed E-state index contributed by atoms with van der Waals surface area (Å²) in [5.41, 5.74) is 5.25. The van der Waals surface area contributed by atoms with E-state index in [2.05, 4.69) is 65.7 Å². The number of carbonyl (C=O) groups excluding carboxylic acids is 1. The van der Waals surface area contributed by atoms with Gasteiger partial charge in [-0.1, -0.05) is 43.3 Å². The molecule has 2 aromatic carbocycles. The van der Waals surface area contributed by atoms with Crippen LogP contribution in [-0.2, 0) is 24.2 Å². The van der Waals surface area contributed by atoms with Gasteiger partial charge in [-0.2, -0.15) is 0 Å². The number of anilines is 1. The Bertz CT molecular complexity index is 774. The van der Waals surface area contributed by atoms with Crippen molar-refractivity contribution in [3.05, 3.63) is 65.2 Å². The van der Waals surface area contributed by atoms with Gasteiger partial charge in [0.05, 0.1) is 6.04 Å². The molecule has 0 bridgehead atoms. The van der Waals surface area contributed by atoms with E-state index >= 15 is 0 Å². The summed E-state index contributed by atoms with van der Waals surface area (Å²) in [6, 6.07) is 17.2. The molecule has 1 amide bonds. The minimum atomic E-state index is -0.0831. The van der Waals surface area contributed by atoms with Gasteiger partial charge >= 0.3 is 0 Å². The lowest BCUT2D eigenvalue weighted by Gasteiger charge is -2.38. The molecule has 1 N–H and O–H groups in total. The summed E-state index contributed by atoms with van der Waals surface area (Å²) >= 11 is 0. The predicted octanol–water partition coefficient (Wildman–Crippen LogP) is 3.46. The van der Waals surface area contributed by atoms with Crippen LogP contribution < -0.4 is 10.2 Å². The van der Waals surface area contributed by atoms with Crippen LogP contribution in [0.1, 0.15) is 23.6 Å². The zero-order valence-corrected chi connectivity index (χ0v) is 17.9. The Kier molecular flexibility index (Phi) is 8.17. The number of halogens is 2. The maximum Gasteiger partial charge on any atom is 0.240 e. The fourth-order valence-corrected chi connectivity index (χ4v) is 3.98. The summed E-state index contributed by atoms with van der Waals surface area (Å²) in [6.07, 6.45) is 1.87. The molecular weight excluding hydrogens is 393 g/mol. The number of carbonyl (C=O) groups is 1. The van der Waals surface area contributed by atoms with Gasteiger partial charge in [0.15, 0.2) is 0 Å². The maximum absolute atomic E-state index is 12.9. The van der Waals surface area contributed by atoms with Gasteiger partial charge in [-0.15, -0.1) is 24.8 Å². The quantitative estimate of drug-likeness (QED) is 0.823. The highest BCUT2D eigenvalue weighted by molar-refractivity contribution is 5.85. The van der Waals surface area contributed by atoms with Gasteiger partial charge in [0.1, 0.15) is 0 Å². The molecule has 6 heteroatoms. The number of fused-ring (bicyclic) bond motifs is 1. The van der Waals surface area contributed by atoms with Crippen molar-refractivity contribution in [2.24, 2.45) is 0 Å². The monoisotopic (exact) mass is 421 g/mol. The van der Waals surface area contributed by atoms with Crippen molar-refractivity contribution in [1.29, 1.82) is 0 Å². The number of hydrogen-bond acceptors (Lipinski definition) is 3. The third-order valence-electron chi connectivity index (χ3n) is 5.68. The lowest BCUT2D eigenvalue weighted by molar-refractivity contribution is -0.134. The van der Waals surface area contributed by atoms with Crippen LogP contribution in [0.2, 0.25) is 0 Å². The van der Waals surface area contributed by atoms with Crippen molar-refractivity contribution < 1.29 is 4.79 Å². The van der Waals surface area contributed by atoms with Gasteiger partial charge in [0.2, 0.25) is 5.91 Å². The number of rotatable bonds is 3. The molecule has 0 radical (unpaired) electrons. The third kappa shape index (κ3) is 4.80. The molecule has 2 aromatic rings. The second-order valence-electron chi connectivity index (χ2n) is 7.24. The standard InChI is InChI=1S/C22H27N3O.2ClH/c1-2-17-7-9-20(10-8-17)24-11-13-25(14-12-24)22(26)21-15-18-5-3-4-6-19(18)16-23-21;;/h3-10,21,23H,2,11-16H2,1H3;2*1H. The highest BCUT2D eigenvalue weighted by Crippen LogP contribution is 2.20. The second kappa shape index (κ2) is 10.1. The highest BCUT2D eigenvalue weighted by Gasteiger charge is 2.29. The zero-order valence-electron chi connectivity index (χ0n) is 16.3. The number of nitrogens with one attached hydrogen (secondary N) is 1. The summed E-state index contributed by atoms with van der Waals surface area (Å²) in [5, 5.41) is 3.42. The van der Waals surface area contributed by atoms with E-state index < -0.39 is 0 Å². The fourth-order valence-electron chi connectivity index (χ4n) is 3.98. The van der Waals surface area contributed by atoms with Crippen LogP contribution in [-0.4, -0.2) is 43.0 Å². The van der Waals surface area contributed by atoms with Gasteiger partial charge in [0, 0.05) is 38.4 Å². The van der Waals surface area contributed by atoms with Crippen LogP contribution in [0, 0.1) is 0 Å². The van der Waals surface area contributed by atoms with Gasteiger partial charge in [0.25, 0.3) is 0 Å². The van der Waals surface area contributed by atoms with Crippen LogP contribution in [0.4, 0.5) is 5.69 Å². The van der Waals surface area contributed by atoms with Crippen molar-refractivity contribution in [2.75, 3.05) is 31.1 Å². The van der Waals surface area contributed by atoms with Gasteiger partial charge in [-0.05, 0) is 41.7 Å². The first-order valence-corrected chi connectivity index (χ1v) is 9.67. The third-order valence-corrected chi connectivity index (χ3v) is 5.68. The van der Waals surface area contributed by atoms with Crippen LogP contribution in [0.15, 0.2) is 48.5 Å². The van der Waals surface area contributed by atoms with Crippen LogP contribution in [0.25, 0.3) is 0 Å². The van der Waals surface area contributed by atoms with E-state index in [0.717, 1.165) is 45.6 Å². The average Bonchev–Trinajstić information content (AvgIpc) is 2.73. The lowest BCUT2D eigenvalue weighted by atomic mass is 9.95. The molecule has 2 aliphatic rings. The Morgan fingerprint density at radius 3 is 2.25 bits per heavy atom. The first-order valence-electron chi connectivity index (χ1n) is 9.67. The number of benzene rings is 2. The Morgan fingerprint density at radius 2 is 1.61 bits per heavy atom. The molecule has 152 valence electrons. The molecular formula is C22H29Cl2N3O. The summed E-state index contributed by atoms with van der Waals surface area (Å²) in [6.45, 7) is 6.37. The molecule has 4 nitrogen and oxygen atoms in total. The van der Waals surface area contributed by atoms with E-state index in [1.165, 1.54) is 22.4 Å². The predicted molar refractivity (Wildman–Crippen MR) is 120 cm³/mol. The molecule has 0 spiro atoms. The van der Waals surface area contributed by atoms with E-state index in [1.54, 1.807) is 0 Å². The zero-order chi connectivity index (χ0) is 17.9. The molecule has 2 aliphatic heterocycles. The van der Waals surface area contributed by atoms with E-state index in [-0.39, 0.29) is 36.8 Å². The first-order chi connectivity index (χ1) is 12.7. The van der Waals surface area contributed by atoms with Gasteiger partial charge < -0.3 is 15.1 Å². The van der Waals surface area contributed by atoms with Crippen molar-refractivity contribution in [3.63, 3.8) is 0 Å². The summed E-state index contributed by atoms with van der Waals surface area (Å²) in [4.78, 5) is 17.3. The number of piperazine rings is 1. The number of nitrogens with zero attached hydrogens (tertiary/aromatic N) is 2. The molecule has 4 rings (SSSR count). The molecule has 1 unspecified atom stereocenters. The van der Waals surface area contributed by atoms with E-state index in [1.807, 2.05) is 4.90 Å². The molecule has 0 aromatic heterocycles. The normalized spacial score (nSPS) is 18.5. The summed E-state index contributed by atoms with van der Waals surface area (Å²) in [5.74, 6) is 0.250.